The molecule has 0 saturated carbocycles. The molecule has 0 radical (unpaired) electrons. The highest BCUT2D eigenvalue weighted by Crippen LogP contribution is 2.34. The maximum atomic E-state index is 12.5. The molecule has 1 aliphatic heterocycles. The molecule has 7 nitrogen and oxygen atoms in total. The summed E-state index contributed by atoms with van der Waals surface area (Å²) in [5.41, 5.74) is 0.906. The van der Waals surface area contributed by atoms with Crippen LogP contribution in [0.1, 0.15) is 41.5 Å². The van der Waals surface area contributed by atoms with Crippen LogP contribution in [-0.2, 0) is 0 Å². The highest BCUT2D eigenvalue weighted by molar-refractivity contribution is 7.17. The molecule has 0 saturated heterocycles. The molecule has 2 aromatic rings. The van der Waals surface area contributed by atoms with Crippen molar-refractivity contribution in [3.8, 4) is 11.5 Å². The van der Waals surface area contributed by atoms with Gasteiger partial charge in [-0.2, -0.15) is 0 Å². The summed E-state index contributed by atoms with van der Waals surface area (Å²) in [6, 6.07) is 8.23. The maximum Gasteiger partial charge on any atom is 0.324 e. The number of benzene rings is 1. The van der Waals surface area contributed by atoms with E-state index in [1.807, 2.05) is 32.0 Å². The standard InChI is InChI=1S/C18H20N2O5S/c1-11(2)17(19-18(21)15-6-7-16(26-15)20(22)23)12-4-5-13-14(10-12)25-9-3-8-24-13/h4-7,10-11,17H,3,8-9H2,1-2H3,(H,19,21). The molecule has 1 aliphatic rings. The van der Waals surface area contributed by atoms with Crippen LogP contribution in [0.2, 0.25) is 0 Å². The normalized spacial score (nSPS) is 14.6. The van der Waals surface area contributed by atoms with Crippen LogP contribution in [0, 0.1) is 16.0 Å². The molecule has 0 fully saturated rings. The minimum absolute atomic E-state index is 0.0492. The summed E-state index contributed by atoms with van der Waals surface area (Å²) in [6.07, 6.45) is 0.825. The first-order chi connectivity index (χ1) is 12.5. The van der Waals surface area contributed by atoms with Crippen LogP contribution in [0.4, 0.5) is 5.00 Å². The zero-order chi connectivity index (χ0) is 18.7. The summed E-state index contributed by atoms with van der Waals surface area (Å²) in [5.74, 6) is 1.17. The number of ether oxygens (including phenoxy) is 2. The van der Waals surface area contributed by atoms with Crippen LogP contribution in [0.5, 0.6) is 11.5 Å². The number of nitrogens with zero attached hydrogens (tertiary/aromatic N) is 1. The highest BCUT2D eigenvalue weighted by Gasteiger charge is 2.23. The quantitative estimate of drug-likeness (QED) is 0.630. The second-order valence-corrected chi connectivity index (χ2v) is 7.41. The van der Waals surface area contributed by atoms with Crippen molar-refractivity contribution in [2.75, 3.05) is 13.2 Å². The molecule has 2 heterocycles. The Bertz CT molecular complexity index is 818. The van der Waals surface area contributed by atoms with Gasteiger partial charge in [-0.25, -0.2) is 0 Å². The van der Waals surface area contributed by atoms with Gasteiger partial charge in [-0.15, -0.1) is 0 Å². The molecular weight excluding hydrogens is 356 g/mol. The lowest BCUT2D eigenvalue weighted by Gasteiger charge is -2.23. The SMILES string of the molecule is CC(C)C(NC(=O)c1ccc([N+](=O)[O-])s1)c1ccc2c(c1)OCCCO2. The highest BCUT2D eigenvalue weighted by atomic mass is 32.1. The first kappa shape index (κ1) is 18.2. The van der Waals surface area contributed by atoms with E-state index in [0.717, 1.165) is 23.3 Å². The van der Waals surface area contributed by atoms with E-state index in [2.05, 4.69) is 5.32 Å². The Labute approximate surface area is 155 Å². The van der Waals surface area contributed by atoms with Gasteiger partial charge in [0, 0.05) is 12.5 Å². The van der Waals surface area contributed by atoms with Crippen molar-refractivity contribution in [2.45, 2.75) is 26.3 Å². The van der Waals surface area contributed by atoms with E-state index in [0.29, 0.717) is 29.6 Å². The van der Waals surface area contributed by atoms with E-state index in [-0.39, 0.29) is 22.9 Å². The van der Waals surface area contributed by atoms with Crippen LogP contribution in [0.3, 0.4) is 0 Å². The number of fused-ring (bicyclic) bond motifs is 1. The Balaban J connectivity index is 1.81. The summed E-state index contributed by atoms with van der Waals surface area (Å²) in [4.78, 5) is 23.2. The van der Waals surface area contributed by atoms with Crippen molar-refractivity contribution in [1.82, 2.24) is 5.32 Å². The zero-order valence-electron chi connectivity index (χ0n) is 14.6. The Morgan fingerprint density at radius 1 is 1.19 bits per heavy atom. The van der Waals surface area contributed by atoms with Crippen LogP contribution in [0.25, 0.3) is 0 Å². The fourth-order valence-corrected chi connectivity index (χ4v) is 3.49. The molecule has 8 heteroatoms. The van der Waals surface area contributed by atoms with Crippen molar-refractivity contribution < 1.29 is 19.2 Å². The van der Waals surface area contributed by atoms with Gasteiger partial charge in [-0.05, 0) is 29.7 Å². The number of carbonyl (C=O) groups is 1. The fraction of sp³-hybridized carbons (Fsp3) is 0.389. The monoisotopic (exact) mass is 376 g/mol. The minimum Gasteiger partial charge on any atom is -0.490 e. The molecule has 0 spiro atoms. The van der Waals surface area contributed by atoms with Crippen molar-refractivity contribution in [3.63, 3.8) is 0 Å². The number of hydrogen-bond acceptors (Lipinski definition) is 6. The number of nitro groups is 1. The Kier molecular flexibility index (Phi) is 5.41. The van der Waals surface area contributed by atoms with Crippen LogP contribution in [-0.4, -0.2) is 24.0 Å². The molecule has 0 aliphatic carbocycles. The van der Waals surface area contributed by atoms with E-state index in [4.69, 9.17) is 9.47 Å². The summed E-state index contributed by atoms with van der Waals surface area (Å²) < 4.78 is 11.4. The van der Waals surface area contributed by atoms with Gasteiger partial charge in [0.2, 0.25) is 0 Å². The van der Waals surface area contributed by atoms with E-state index in [1.165, 1.54) is 12.1 Å². The smallest absolute Gasteiger partial charge is 0.324 e. The summed E-state index contributed by atoms with van der Waals surface area (Å²) >= 11 is 0.868. The number of thiophene rings is 1. The number of nitrogens with one attached hydrogen (secondary N) is 1. The number of hydrogen-bond donors (Lipinski definition) is 1. The van der Waals surface area contributed by atoms with Gasteiger partial charge in [0.25, 0.3) is 5.91 Å². The fourth-order valence-electron chi connectivity index (χ4n) is 2.77. The van der Waals surface area contributed by atoms with Crippen LogP contribution < -0.4 is 14.8 Å². The van der Waals surface area contributed by atoms with Crippen molar-refractivity contribution >= 4 is 22.2 Å². The molecule has 1 aromatic carbocycles. The third-order valence-electron chi connectivity index (χ3n) is 4.08. The van der Waals surface area contributed by atoms with Crippen molar-refractivity contribution in [2.24, 2.45) is 5.92 Å². The first-order valence-electron chi connectivity index (χ1n) is 8.40. The third-order valence-corrected chi connectivity index (χ3v) is 5.12. The Morgan fingerprint density at radius 2 is 1.92 bits per heavy atom. The molecule has 1 aromatic heterocycles. The Morgan fingerprint density at radius 3 is 2.58 bits per heavy atom. The van der Waals surface area contributed by atoms with E-state index < -0.39 is 4.92 Å². The summed E-state index contributed by atoms with van der Waals surface area (Å²) in [6.45, 7) is 5.22. The molecule has 138 valence electrons. The van der Waals surface area contributed by atoms with Gasteiger partial charge in [0.15, 0.2) is 11.5 Å². The first-order valence-corrected chi connectivity index (χ1v) is 9.22. The predicted octanol–water partition coefficient (Wildman–Crippen LogP) is 3.94. The van der Waals surface area contributed by atoms with Crippen molar-refractivity contribution in [3.05, 3.63) is 50.9 Å². The average Bonchev–Trinajstić information content (AvgIpc) is 2.99. The molecule has 1 amide bonds. The van der Waals surface area contributed by atoms with Gasteiger partial charge < -0.3 is 14.8 Å². The van der Waals surface area contributed by atoms with Gasteiger partial charge in [0.1, 0.15) is 0 Å². The number of amides is 1. The average molecular weight is 376 g/mol. The summed E-state index contributed by atoms with van der Waals surface area (Å²) in [7, 11) is 0. The third kappa shape index (κ3) is 3.96. The molecular formula is C18H20N2O5S. The lowest BCUT2D eigenvalue weighted by molar-refractivity contribution is -0.380. The second-order valence-electron chi connectivity index (χ2n) is 6.35. The van der Waals surface area contributed by atoms with Crippen LogP contribution >= 0.6 is 11.3 Å². The van der Waals surface area contributed by atoms with E-state index in [1.54, 1.807) is 0 Å². The van der Waals surface area contributed by atoms with E-state index >= 15 is 0 Å². The minimum atomic E-state index is -0.495. The Hall–Kier alpha value is -2.61. The molecule has 1 N–H and O–H groups in total. The molecule has 26 heavy (non-hydrogen) atoms. The number of rotatable bonds is 5. The lowest BCUT2D eigenvalue weighted by atomic mass is 9.95. The van der Waals surface area contributed by atoms with Crippen molar-refractivity contribution in [1.29, 1.82) is 0 Å². The lowest BCUT2D eigenvalue weighted by Crippen LogP contribution is -2.31. The molecule has 1 unspecified atom stereocenters. The topological polar surface area (TPSA) is 90.7 Å². The van der Waals surface area contributed by atoms with E-state index in [9.17, 15) is 14.9 Å². The van der Waals surface area contributed by atoms with Gasteiger partial charge in [-0.3, -0.25) is 14.9 Å². The maximum absolute atomic E-state index is 12.5. The number of carbonyl (C=O) groups excluding carboxylic acids is 1. The summed E-state index contributed by atoms with van der Waals surface area (Å²) in [5, 5.41) is 13.7. The molecule has 1 atom stereocenters. The van der Waals surface area contributed by atoms with Crippen LogP contribution in [0.15, 0.2) is 30.3 Å². The predicted molar refractivity (Wildman–Crippen MR) is 98.1 cm³/mol. The molecule has 0 bridgehead atoms. The molecule has 3 rings (SSSR count). The van der Waals surface area contributed by atoms with Gasteiger partial charge in [0.05, 0.1) is 29.1 Å². The second kappa shape index (κ2) is 7.74. The van der Waals surface area contributed by atoms with Gasteiger partial charge >= 0.3 is 5.00 Å². The largest absolute Gasteiger partial charge is 0.490 e. The van der Waals surface area contributed by atoms with Gasteiger partial charge in [-0.1, -0.05) is 31.3 Å². The zero-order valence-corrected chi connectivity index (χ0v) is 15.4.